The molecule has 0 aliphatic rings. The fourth-order valence-corrected chi connectivity index (χ4v) is 2.10. The molecule has 0 saturated heterocycles. The van der Waals surface area contributed by atoms with Crippen molar-refractivity contribution in [3.05, 3.63) is 70.0 Å². The van der Waals surface area contributed by atoms with Crippen LogP contribution in [0.4, 0.5) is 10.5 Å². The number of amides is 1. The number of hydrogen-bond acceptors (Lipinski definition) is 4. The van der Waals surface area contributed by atoms with E-state index in [4.69, 9.17) is 20.8 Å². The maximum atomic E-state index is 11.8. The summed E-state index contributed by atoms with van der Waals surface area (Å²) in [6.45, 7) is 0. The van der Waals surface area contributed by atoms with E-state index in [1.807, 2.05) is 0 Å². The number of benzene rings is 2. The Morgan fingerprint density at radius 1 is 1.09 bits per heavy atom. The van der Waals surface area contributed by atoms with Crippen molar-refractivity contribution in [1.29, 1.82) is 0 Å². The number of halogens is 1. The minimum atomic E-state index is -0.823. The van der Waals surface area contributed by atoms with Crippen molar-refractivity contribution in [3.8, 4) is 5.75 Å². The Kier molecular flexibility index (Phi) is 3.80. The molecule has 2 aromatic carbocycles. The highest BCUT2D eigenvalue weighted by Gasteiger charge is 2.12. The maximum absolute atomic E-state index is 11.8. The van der Waals surface area contributed by atoms with Crippen LogP contribution in [-0.2, 0) is 0 Å². The van der Waals surface area contributed by atoms with Crippen molar-refractivity contribution < 1.29 is 13.9 Å². The average molecular weight is 316 g/mol. The molecule has 0 saturated carbocycles. The Balaban J connectivity index is 1.84. The summed E-state index contributed by atoms with van der Waals surface area (Å²) < 4.78 is 10.1. The van der Waals surface area contributed by atoms with Gasteiger partial charge in [0.25, 0.3) is 0 Å². The molecule has 3 aromatic rings. The second kappa shape index (κ2) is 5.91. The van der Waals surface area contributed by atoms with Gasteiger partial charge in [-0.2, -0.15) is 0 Å². The van der Waals surface area contributed by atoms with Gasteiger partial charge in [-0.15, -0.1) is 0 Å². The number of fused-ring (bicyclic) bond motifs is 1. The van der Waals surface area contributed by atoms with E-state index in [2.05, 4.69) is 5.32 Å². The summed E-state index contributed by atoms with van der Waals surface area (Å²) in [7, 11) is 0. The topological polar surface area (TPSA) is 68.5 Å². The number of ether oxygens (including phenoxy) is 1. The summed E-state index contributed by atoms with van der Waals surface area (Å²) >= 11 is 5.93. The van der Waals surface area contributed by atoms with Crippen LogP contribution in [0.25, 0.3) is 11.0 Å². The Hall–Kier alpha value is -2.79. The molecule has 0 fully saturated rings. The van der Waals surface area contributed by atoms with Crippen molar-refractivity contribution in [2.75, 3.05) is 5.32 Å². The summed E-state index contributed by atoms with van der Waals surface area (Å²) in [5, 5.41) is 3.48. The average Bonchev–Trinajstić information content (AvgIpc) is 2.50. The predicted molar refractivity (Wildman–Crippen MR) is 83.6 cm³/mol. The van der Waals surface area contributed by atoms with Crippen LogP contribution >= 0.6 is 11.6 Å². The number of rotatable bonds is 2. The minimum absolute atomic E-state index is 0.191. The monoisotopic (exact) mass is 315 g/mol. The first-order valence-corrected chi connectivity index (χ1v) is 6.77. The summed E-state index contributed by atoms with van der Waals surface area (Å²) in [5.41, 5.74) is 0.0821. The number of anilines is 1. The molecular weight excluding hydrogens is 306 g/mol. The highest BCUT2D eigenvalue weighted by atomic mass is 35.5. The lowest BCUT2D eigenvalue weighted by molar-refractivity contribution is 0.213. The van der Waals surface area contributed by atoms with Crippen LogP contribution in [0.3, 0.4) is 0 Å². The predicted octanol–water partition coefficient (Wildman–Crippen LogP) is 4.06. The van der Waals surface area contributed by atoms with Crippen LogP contribution in [0.2, 0.25) is 5.02 Å². The van der Waals surface area contributed by atoms with Gasteiger partial charge < -0.3 is 9.15 Å². The van der Waals surface area contributed by atoms with Gasteiger partial charge in [0.2, 0.25) is 5.75 Å². The van der Waals surface area contributed by atoms with Gasteiger partial charge in [0.05, 0.1) is 10.7 Å². The van der Waals surface area contributed by atoms with Crippen molar-refractivity contribution in [2.24, 2.45) is 0 Å². The van der Waals surface area contributed by atoms with E-state index in [0.29, 0.717) is 21.7 Å². The lowest BCUT2D eigenvalue weighted by Gasteiger charge is -2.07. The van der Waals surface area contributed by atoms with Gasteiger partial charge in [0.15, 0.2) is 0 Å². The van der Waals surface area contributed by atoms with Crippen LogP contribution in [0.5, 0.6) is 5.75 Å². The van der Waals surface area contributed by atoms with E-state index in [1.54, 1.807) is 48.5 Å². The van der Waals surface area contributed by atoms with Gasteiger partial charge in [-0.1, -0.05) is 41.9 Å². The molecule has 5 nitrogen and oxygen atoms in total. The van der Waals surface area contributed by atoms with Gasteiger partial charge in [0, 0.05) is 5.39 Å². The molecule has 0 aliphatic carbocycles. The van der Waals surface area contributed by atoms with E-state index in [9.17, 15) is 9.59 Å². The Morgan fingerprint density at radius 2 is 1.82 bits per heavy atom. The molecule has 1 N–H and O–H groups in total. The van der Waals surface area contributed by atoms with Gasteiger partial charge in [0.1, 0.15) is 5.58 Å². The second-order valence-electron chi connectivity index (χ2n) is 4.43. The number of para-hydroxylation sites is 2. The molecule has 3 rings (SSSR count). The van der Waals surface area contributed by atoms with Crippen LogP contribution in [0.1, 0.15) is 0 Å². The van der Waals surface area contributed by atoms with Crippen molar-refractivity contribution in [2.45, 2.75) is 0 Å². The standard InChI is InChI=1S/C16H10ClNO4/c17-11-6-2-3-7-12(11)18-16(20)22-14-9-10-5-1-4-8-13(10)21-15(14)19/h1-9H,(H,18,20). The van der Waals surface area contributed by atoms with Crippen LogP contribution in [-0.4, -0.2) is 6.09 Å². The zero-order valence-corrected chi connectivity index (χ0v) is 12.0. The van der Waals surface area contributed by atoms with Gasteiger partial charge in [-0.05, 0) is 24.3 Å². The second-order valence-corrected chi connectivity index (χ2v) is 4.84. The first kappa shape index (κ1) is 14.2. The number of carbonyl (C=O) groups is 1. The molecule has 1 aromatic heterocycles. The van der Waals surface area contributed by atoms with E-state index < -0.39 is 11.7 Å². The van der Waals surface area contributed by atoms with E-state index >= 15 is 0 Å². The molecule has 6 heteroatoms. The maximum Gasteiger partial charge on any atom is 0.417 e. The molecule has 22 heavy (non-hydrogen) atoms. The molecule has 0 atom stereocenters. The molecule has 1 heterocycles. The zero-order chi connectivity index (χ0) is 15.5. The Labute approximate surface area is 130 Å². The fourth-order valence-electron chi connectivity index (χ4n) is 1.91. The molecule has 1 amide bonds. The van der Waals surface area contributed by atoms with Crippen LogP contribution < -0.4 is 15.7 Å². The zero-order valence-electron chi connectivity index (χ0n) is 11.2. The highest BCUT2D eigenvalue weighted by Crippen LogP contribution is 2.21. The van der Waals surface area contributed by atoms with Gasteiger partial charge in [-0.3, -0.25) is 5.32 Å². The third kappa shape index (κ3) is 2.94. The van der Waals surface area contributed by atoms with Gasteiger partial charge in [-0.25, -0.2) is 9.59 Å². The summed E-state index contributed by atoms with van der Waals surface area (Å²) in [6, 6.07) is 15.1. The molecule has 0 aliphatic heterocycles. The van der Waals surface area contributed by atoms with Gasteiger partial charge >= 0.3 is 11.7 Å². The lowest BCUT2D eigenvalue weighted by atomic mass is 10.2. The van der Waals surface area contributed by atoms with Crippen molar-refractivity contribution >= 4 is 34.4 Å². The normalized spacial score (nSPS) is 10.4. The summed E-state index contributed by atoms with van der Waals surface area (Å²) in [5.74, 6) is -0.191. The first-order valence-electron chi connectivity index (χ1n) is 6.40. The van der Waals surface area contributed by atoms with Crippen molar-refractivity contribution in [1.82, 2.24) is 0 Å². The molecule has 110 valence electrons. The summed E-state index contributed by atoms with van der Waals surface area (Å²) in [4.78, 5) is 23.6. The SMILES string of the molecule is O=C(Nc1ccccc1Cl)Oc1cc2ccccc2oc1=O. The molecule has 0 radical (unpaired) electrons. The largest absolute Gasteiger partial charge is 0.420 e. The number of hydrogen-bond donors (Lipinski definition) is 1. The van der Waals surface area contributed by atoms with Crippen LogP contribution in [0.15, 0.2) is 63.8 Å². The molecule has 0 bridgehead atoms. The fraction of sp³-hybridized carbons (Fsp3) is 0. The van der Waals surface area contributed by atoms with Crippen LogP contribution in [0, 0.1) is 0 Å². The van der Waals surface area contributed by atoms with E-state index in [1.165, 1.54) is 6.07 Å². The minimum Gasteiger partial charge on any atom is -0.420 e. The molecular formula is C16H10ClNO4. The van der Waals surface area contributed by atoms with E-state index in [-0.39, 0.29) is 5.75 Å². The Morgan fingerprint density at radius 3 is 2.64 bits per heavy atom. The van der Waals surface area contributed by atoms with E-state index in [0.717, 1.165) is 0 Å². The third-order valence-electron chi connectivity index (χ3n) is 2.92. The highest BCUT2D eigenvalue weighted by molar-refractivity contribution is 6.33. The van der Waals surface area contributed by atoms with Crippen molar-refractivity contribution in [3.63, 3.8) is 0 Å². The smallest absolute Gasteiger partial charge is 0.417 e. The quantitative estimate of drug-likeness (QED) is 0.724. The molecule has 0 unspecified atom stereocenters. The third-order valence-corrected chi connectivity index (χ3v) is 3.25. The number of nitrogens with one attached hydrogen (secondary N) is 1. The number of carbonyl (C=O) groups excluding carboxylic acids is 1. The summed E-state index contributed by atoms with van der Waals surface area (Å²) in [6.07, 6.45) is -0.823. The first-order chi connectivity index (χ1) is 10.6. The Bertz CT molecular complexity index is 904. The molecule has 0 spiro atoms. The lowest BCUT2D eigenvalue weighted by Crippen LogP contribution is -2.20.